The van der Waals surface area contributed by atoms with Crippen molar-refractivity contribution < 1.29 is 36.6 Å². The van der Waals surface area contributed by atoms with Crippen LogP contribution in [0.15, 0.2) is 11.8 Å². The van der Waals surface area contributed by atoms with Gasteiger partial charge in [-0.1, -0.05) is 0 Å². The van der Waals surface area contributed by atoms with Crippen LogP contribution in [0, 0.1) is 0 Å². The standard InChI is InChI=1S/C5H4F6O2/c6-4(7,8)2(12)1-3(13)5(9,10)11/h1-2,12-13H. The van der Waals surface area contributed by atoms with Gasteiger partial charge in [-0.2, -0.15) is 26.3 Å². The lowest BCUT2D eigenvalue weighted by molar-refractivity contribution is -0.190. The van der Waals surface area contributed by atoms with Gasteiger partial charge < -0.3 is 10.2 Å². The van der Waals surface area contributed by atoms with Crippen molar-refractivity contribution in [1.82, 2.24) is 0 Å². The van der Waals surface area contributed by atoms with Crippen molar-refractivity contribution in [2.24, 2.45) is 0 Å². The molecule has 1 atom stereocenters. The van der Waals surface area contributed by atoms with Crippen LogP contribution >= 0.6 is 0 Å². The Morgan fingerprint density at radius 1 is 1.08 bits per heavy atom. The highest BCUT2D eigenvalue weighted by Gasteiger charge is 2.41. The quantitative estimate of drug-likeness (QED) is 0.512. The number of allylic oxidation sites excluding steroid dienone is 1. The molecule has 0 aromatic heterocycles. The first-order valence-corrected chi connectivity index (χ1v) is 2.78. The van der Waals surface area contributed by atoms with Gasteiger partial charge in [-0.25, -0.2) is 0 Å². The van der Waals surface area contributed by atoms with Crippen molar-refractivity contribution in [3.05, 3.63) is 11.8 Å². The Morgan fingerprint density at radius 3 is 1.69 bits per heavy atom. The Kier molecular flexibility index (Phi) is 3.20. The van der Waals surface area contributed by atoms with Crippen LogP contribution in [0.5, 0.6) is 0 Å². The van der Waals surface area contributed by atoms with E-state index in [0.29, 0.717) is 0 Å². The number of aliphatic hydroxyl groups is 2. The number of alkyl halides is 6. The van der Waals surface area contributed by atoms with Crippen molar-refractivity contribution in [3.63, 3.8) is 0 Å². The van der Waals surface area contributed by atoms with Gasteiger partial charge in [0.05, 0.1) is 0 Å². The Balaban J connectivity index is 4.59. The fourth-order valence-electron chi connectivity index (χ4n) is 0.339. The molecule has 0 saturated heterocycles. The zero-order valence-electron chi connectivity index (χ0n) is 5.82. The number of hydrogen-bond acceptors (Lipinski definition) is 2. The van der Waals surface area contributed by atoms with Crippen LogP contribution in [0.4, 0.5) is 26.3 Å². The van der Waals surface area contributed by atoms with E-state index in [9.17, 15) is 26.3 Å². The molecule has 0 saturated carbocycles. The lowest BCUT2D eigenvalue weighted by atomic mass is 10.3. The monoisotopic (exact) mass is 210 g/mol. The van der Waals surface area contributed by atoms with Crippen molar-refractivity contribution in [1.29, 1.82) is 0 Å². The van der Waals surface area contributed by atoms with Gasteiger partial charge in [-0.3, -0.25) is 0 Å². The molecular weight excluding hydrogens is 206 g/mol. The molecule has 13 heavy (non-hydrogen) atoms. The smallest absolute Gasteiger partial charge is 0.448 e. The first-order valence-electron chi connectivity index (χ1n) is 2.78. The Labute approximate surface area is 68.1 Å². The van der Waals surface area contributed by atoms with Gasteiger partial charge in [-0.05, 0) is 0 Å². The summed E-state index contributed by atoms with van der Waals surface area (Å²) in [4.78, 5) is 0. The zero-order chi connectivity index (χ0) is 10.9. The number of aliphatic hydroxyl groups excluding tert-OH is 2. The largest absolute Gasteiger partial charge is 0.504 e. The molecule has 1 unspecified atom stereocenters. The maximum absolute atomic E-state index is 11.4. The molecule has 2 N–H and O–H groups in total. The summed E-state index contributed by atoms with van der Waals surface area (Å²) in [5, 5.41) is 16.1. The molecule has 8 heteroatoms. The van der Waals surface area contributed by atoms with Crippen molar-refractivity contribution >= 4 is 0 Å². The lowest BCUT2D eigenvalue weighted by Gasteiger charge is -2.11. The van der Waals surface area contributed by atoms with Gasteiger partial charge in [-0.15, -0.1) is 0 Å². The van der Waals surface area contributed by atoms with Crippen LogP contribution in [0.2, 0.25) is 0 Å². The lowest BCUT2D eigenvalue weighted by Crippen LogP contribution is -2.28. The van der Waals surface area contributed by atoms with Crippen LogP contribution in [0.3, 0.4) is 0 Å². The Hall–Kier alpha value is -0.920. The van der Waals surface area contributed by atoms with Crippen LogP contribution in [-0.2, 0) is 0 Å². The summed E-state index contributed by atoms with van der Waals surface area (Å²) in [7, 11) is 0. The maximum atomic E-state index is 11.4. The Morgan fingerprint density at radius 2 is 1.46 bits per heavy atom. The summed E-state index contributed by atoms with van der Waals surface area (Å²) in [6.07, 6.45) is -14.6. The van der Waals surface area contributed by atoms with Crippen molar-refractivity contribution in [2.45, 2.75) is 18.5 Å². The molecule has 0 aliphatic carbocycles. The summed E-state index contributed by atoms with van der Waals surface area (Å²) in [6, 6.07) is 0. The summed E-state index contributed by atoms with van der Waals surface area (Å²) >= 11 is 0. The maximum Gasteiger partial charge on any atom is 0.448 e. The van der Waals surface area contributed by atoms with E-state index in [1.807, 2.05) is 0 Å². The van der Waals surface area contributed by atoms with Crippen molar-refractivity contribution in [2.75, 3.05) is 0 Å². The Bertz CT molecular complexity index is 202. The van der Waals surface area contributed by atoms with E-state index in [1.165, 1.54) is 0 Å². The van der Waals surface area contributed by atoms with Crippen LogP contribution < -0.4 is 0 Å². The zero-order valence-corrected chi connectivity index (χ0v) is 5.82. The molecule has 0 radical (unpaired) electrons. The summed E-state index contributed by atoms with van der Waals surface area (Å²) in [6.45, 7) is 0. The van der Waals surface area contributed by atoms with E-state index in [2.05, 4.69) is 0 Å². The summed E-state index contributed by atoms with van der Waals surface area (Å²) in [5.74, 6) is -2.47. The second-order valence-corrected chi connectivity index (χ2v) is 2.04. The molecule has 0 amide bonds. The first kappa shape index (κ1) is 12.1. The number of hydrogen-bond donors (Lipinski definition) is 2. The summed E-state index contributed by atoms with van der Waals surface area (Å²) in [5.41, 5.74) is 0. The molecule has 0 aromatic rings. The molecule has 0 fully saturated rings. The highest BCUT2D eigenvalue weighted by Crippen LogP contribution is 2.27. The van der Waals surface area contributed by atoms with Crippen LogP contribution in [-0.4, -0.2) is 28.7 Å². The third-order valence-electron chi connectivity index (χ3n) is 0.942. The molecule has 0 aromatic carbocycles. The van der Waals surface area contributed by atoms with Crippen molar-refractivity contribution in [3.8, 4) is 0 Å². The molecule has 0 spiro atoms. The molecule has 0 bridgehead atoms. The van der Waals surface area contributed by atoms with E-state index in [1.54, 1.807) is 0 Å². The summed E-state index contributed by atoms with van der Waals surface area (Å²) < 4.78 is 68.5. The minimum atomic E-state index is -5.29. The van der Waals surface area contributed by atoms with Gasteiger partial charge in [0.15, 0.2) is 11.9 Å². The van der Waals surface area contributed by atoms with E-state index >= 15 is 0 Å². The average molecular weight is 210 g/mol. The SMILES string of the molecule is OC(=CC(O)C(F)(F)F)C(F)(F)F. The first-order chi connectivity index (χ1) is 5.55. The van der Waals surface area contributed by atoms with Gasteiger partial charge in [0.2, 0.25) is 0 Å². The highest BCUT2D eigenvalue weighted by molar-refractivity contribution is 5.03. The van der Waals surface area contributed by atoms with Gasteiger partial charge in [0.1, 0.15) is 0 Å². The van der Waals surface area contributed by atoms with Gasteiger partial charge in [0, 0.05) is 6.08 Å². The molecule has 0 aliphatic rings. The fourth-order valence-corrected chi connectivity index (χ4v) is 0.339. The predicted octanol–water partition coefficient (Wildman–Crippen LogP) is 1.91. The fraction of sp³-hybridized carbons (Fsp3) is 0.600. The van der Waals surface area contributed by atoms with Gasteiger partial charge in [0.25, 0.3) is 0 Å². The average Bonchev–Trinajstić information content (AvgIpc) is 1.82. The molecule has 78 valence electrons. The second-order valence-electron chi connectivity index (χ2n) is 2.04. The van der Waals surface area contributed by atoms with E-state index in [4.69, 9.17) is 10.2 Å². The minimum Gasteiger partial charge on any atom is -0.504 e. The molecule has 0 heterocycles. The van der Waals surface area contributed by atoms with E-state index in [0.717, 1.165) is 0 Å². The minimum absolute atomic E-state index is 0.722. The van der Waals surface area contributed by atoms with Gasteiger partial charge >= 0.3 is 12.4 Å². The molecule has 0 rings (SSSR count). The molecule has 2 nitrogen and oxygen atoms in total. The third kappa shape index (κ3) is 4.02. The predicted molar refractivity (Wildman–Crippen MR) is 28.8 cm³/mol. The molecular formula is C5H4F6O2. The number of halogens is 6. The third-order valence-corrected chi connectivity index (χ3v) is 0.942. The van der Waals surface area contributed by atoms with Crippen LogP contribution in [0.25, 0.3) is 0 Å². The van der Waals surface area contributed by atoms with E-state index < -0.39 is 30.3 Å². The topological polar surface area (TPSA) is 40.5 Å². The van der Waals surface area contributed by atoms with E-state index in [-0.39, 0.29) is 0 Å². The molecule has 0 aliphatic heterocycles. The highest BCUT2D eigenvalue weighted by atomic mass is 19.4. The van der Waals surface area contributed by atoms with Crippen LogP contribution in [0.1, 0.15) is 0 Å². The second kappa shape index (κ2) is 3.44. The normalized spacial score (nSPS) is 17.3. The number of rotatable bonds is 1.